The zero-order valence-corrected chi connectivity index (χ0v) is 15.7. The number of benzene rings is 1. The van der Waals surface area contributed by atoms with Crippen LogP contribution in [0.25, 0.3) is 21.9 Å². The highest BCUT2D eigenvalue weighted by Crippen LogP contribution is 2.28. The van der Waals surface area contributed by atoms with Crippen molar-refractivity contribution in [2.75, 3.05) is 5.73 Å². The van der Waals surface area contributed by atoms with E-state index in [4.69, 9.17) is 11.5 Å². The molecule has 4 aromatic rings. The molecule has 3 aromatic heterocycles. The lowest BCUT2D eigenvalue weighted by atomic mass is 9.99. The van der Waals surface area contributed by atoms with Crippen LogP contribution < -0.4 is 11.5 Å². The van der Waals surface area contributed by atoms with Crippen LogP contribution in [0.3, 0.4) is 0 Å². The number of unbranched alkanes of at least 4 members (excludes halogenated alkanes) is 1. The van der Waals surface area contributed by atoms with Gasteiger partial charge in [-0.1, -0.05) is 30.7 Å². The summed E-state index contributed by atoms with van der Waals surface area (Å²) in [5.74, 6) is -0.00508. The molecule has 1 aromatic carbocycles. The summed E-state index contributed by atoms with van der Waals surface area (Å²) >= 11 is 1.58. The van der Waals surface area contributed by atoms with Crippen LogP contribution in [0.4, 0.5) is 5.82 Å². The minimum atomic E-state index is -0.254. The normalized spacial score (nSPS) is 12.6. The second kappa shape index (κ2) is 7.36. The fourth-order valence-corrected chi connectivity index (χ4v) is 4.39. The Morgan fingerprint density at radius 3 is 2.81 bits per heavy atom. The summed E-state index contributed by atoms with van der Waals surface area (Å²) in [4.78, 5) is 21.7. The van der Waals surface area contributed by atoms with Gasteiger partial charge in [0.15, 0.2) is 5.82 Å². The van der Waals surface area contributed by atoms with Crippen LogP contribution in [-0.4, -0.2) is 20.4 Å². The summed E-state index contributed by atoms with van der Waals surface area (Å²) < 4.78 is 2.13. The van der Waals surface area contributed by atoms with Gasteiger partial charge in [-0.25, -0.2) is 9.97 Å². The number of anilines is 1. The molecule has 3 heterocycles. The fraction of sp³-hybridized carbons (Fsp3) is 0.250. The molecule has 138 valence electrons. The molecule has 0 aliphatic heterocycles. The number of nitrogen functional groups attached to an aromatic ring is 1. The summed E-state index contributed by atoms with van der Waals surface area (Å²) in [5, 5.41) is 3.03. The summed E-state index contributed by atoms with van der Waals surface area (Å²) in [6, 6.07) is 11.9. The maximum Gasteiger partial charge on any atom is 0.225 e. The van der Waals surface area contributed by atoms with Crippen LogP contribution in [0.15, 0.2) is 48.1 Å². The van der Waals surface area contributed by atoms with Gasteiger partial charge in [0.05, 0.1) is 23.3 Å². The summed E-state index contributed by atoms with van der Waals surface area (Å²) in [5.41, 5.74) is 14.3. The number of pyridine rings is 1. The number of nitrogens with zero attached hydrogens (tertiary/aromatic N) is 3. The van der Waals surface area contributed by atoms with Crippen LogP contribution in [0.2, 0.25) is 0 Å². The predicted molar refractivity (Wildman–Crippen MR) is 110 cm³/mol. The third-order valence-corrected chi connectivity index (χ3v) is 5.84. The number of nitrogens with two attached hydrogens (primary N) is 2. The van der Waals surface area contributed by atoms with Gasteiger partial charge in [0.25, 0.3) is 0 Å². The number of carbonyl (C=O) groups is 1. The number of thiophene rings is 1. The van der Waals surface area contributed by atoms with E-state index >= 15 is 0 Å². The number of carbonyl (C=O) groups excluding carboxylic acids is 1. The van der Waals surface area contributed by atoms with Gasteiger partial charge in [-0.2, -0.15) is 0 Å². The van der Waals surface area contributed by atoms with E-state index in [1.807, 2.05) is 48.1 Å². The van der Waals surface area contributed by atoms with Gasteiger partial charge in [-0.05, 0) is 30.4 Å². The van der Waals surface area contributed by atoms with Crippen molar-refractivity contribution >= 4 is 45.0 Å². The van der Waals surface area contributed by atoms with Crippen LogP contribution in [0.1, 0.15) is 30.1 Å². The summed E-state index contributed by atoms with van der Waals surface area (Å²) in [6.07, 6.45) is 4.41. The lowest BCUT2D eigenvalue weighted by molar-refractivity contribution is -0.119. The Morgan fingerprint density at radius 1 is 1.19 bits per heavy atom. The molecule has 0 radical (unpaired) electrons. The first-order valence-corrected chi connectivity index (χ1v) is 9.85. The molecule has 4 rings (SSSR count). The van der Waals surface area contributed by atoms with E-state index in [0.717, 1.165) is 52.6 Å². The Balaban J connectivity index is 1.50. The first-order chi connectivity index (χ1) is 13.1. The van der Waals surface area contributed by atoms with Gasteiger partial charge in [-0.15, -0.1) is 11.3 Å². The average Bonchev–Trinajstić information content (AvgIpc) is 3.32. The number of primary amides is 1. The topological polar surface area (TPSA) is 99.8 Å². The van der Waals surface area contributed by atoms with Crippen molar-refractivity contribution in [2.24, 2.45) is 5.73 Å². The van der Waals surface area contributed by atoms with Gasteiger partial charge in [-0.3, -0.25) is 4.79 Å². The number of amides is 1. The van der Waals surface area contributed by atoms with E-state index in [0.29, 0.717) is 5.82 Å². The Morgan fingerprint density at radius 2 is 2.04 bits per heavy atom. The Hall–Kier alpha value is -2.93. The first-order valence-electron chi connectivity index (χ1n) is 8.97. The second-order valence-corrected chi connectivity index (χ2v) is 7.59. The zero-order valence-electron chi connectivity index (χ0n) is 14.8. The van der Waals surface area contributed by atoms with Gasteiger partial charge < -0.3 is 16.0 Å². The van der Waals surface area contributed by atoms with E-state index in [9.17, 15) is 4.79 Å². The quantitative estimate of drug-likeness (QED) is 0.479. The van der Waals surface area contributed by atoms with Crippen molar-refractivity contribution in [1.29, 1.82) is 0 Å². The molecule has 1 atom stereocenters. The lowest BCUT2D eigenvalue weighted by Crippen LogP contribution is -2.20. The molecule has 27 heavy (non-hydrogen) atoms. The van der Waals surface area contributed by atoms with E-state index in [2.05, 4.69) is 14.5 Å². The summed E-state index contributed by atoms with van der Waals surface area (Å²) in [6.45, 7) is 0.805. The smallest absolute Gasteiger partial charge is 0.225 e. The molecule has 1 amide bonds. The highest BCUT2D eigenvalue weighted by Gasteiger charge is 2.18. The number of rotatable bonds is 7. The second-order valence-electron chi connectivity index (χ2n) is 6.62. The zero-order chi connectivity index (χ0) is 18.8. The van der Waals surface area contributed by atoms with Crippen molar-refractivity contribution in [3.8, 4) is 0 Å². The van der Waals surface area contributed by atoms with E-state index in [1.54, 1.807) is 11.3 Å². The third kappa shape index (κ3) is 3.38. The number of hydrogen-bond donors (Lipinski definition) is 2. The van der Waals surface area contributed by atoms with Crippen molar-refractivity contribution in [3.63, 3.8) is 0 Å². The highest BCUT2D eigenvalue weighted by atomic mass is 32.1. The number of aryl methyl sites for hydroxylation is 1. The lowest BCUT2D eigenvalue weighted by Gasteiger charge is -2.12. The molecule has 0 saturated carbocycles. The summed E-state index contributed by atoms with van der Waals surface area (Å²) in [7, 11) is 0. The minimum Gasteiger partial charge on any atom is -0.382 e. The van der Waals surface area contributed by atoms with E-state index in [-0.39, 0.29) is 11.8 Å². The Kier molecular flexibility index (Phi) is 4.77. The van der Waals surface area contributed by atoms with Crippen molar-refractivity contribution < 1.29 is 4.79 Å². The molecule has 0 saturated heterocycles. The number of fused-ring (bicyclic) bond motifs is 3. The molecule has 0 aliphatic carbocycles. The van der Waals surface area contributed by atoms with E-state index < -0.39 is 0 Å². The molecule has 1 unspecified atom stereocenters. The van der Waals surface area contributed by atoms with Gasteiger partial charge in [0, 0.05) is 16.8 Å². The Labute approximate surface area is 160 Å². The van der Waals surface area contributed by atoms with Crippen LogP contribution in [-0.2, 0) is 11.3 Å². The molecule has 0 bridgehead atoms. The fourth-order valence-electron chi connectivity index (χ4n) is 3.52. The van der Waals surface area contributed by atoms with Crippen LogP contribution in [0, 0.1) is 0 Å². The van der Waals surface area contributed by atoms with Crippen molar-refractivity contribution in [3.05, 3.63) is 53.0 Å². The molecule has 0 aliphatic rings. The first kappa shape index (κ1) is 17.5. The third-order valence-electron chi connectivity index (χ3n) is 4.85. The van der Waals surface area contributed by atoms with Crippen molar-refractivity contribution in [2.45, 2.75) is 31.7 Å². The van der Waals surface area contributed by atoms with Crippen LogP contribution >= 0.6 is 11.3 Å². The standard InChI is InChI=1S/C20H21N5OS/c21-19-17-18(13-6-1-2-8-15(13)24-19)25(12-23-17)10-4-3-7-14(20(22)26)16-9-5-11-27-16/h1-2,5-6,8-9,11-12,14H,3-4,7,10H2,(H2,21,24)(H2,22,26). The molecular weight excluding hydrogens is 358 g/mol. The maximum atomic E-state index is 11.8. The van der Waals surface area contributed by atoms with Gasteiger partial charge >= 0.3 is 0 Å². The number of imidazole rings is 1. The highest BCUT2D eigenvalue weighted by molar-refractivity contribution is 7.10. The van der Waals surface area contributed by atoms with Gasteiger partial charge in [0.2, 0.25) is 5.91 Å². The van der Waals surface area contributed by atoms with Gasteiger partial charge in [0.1, 0.15) is 5.52 Å². The minimum absolute atomic E-state index is 0.204. The molecule has 6 nitrogen and oxygen atoms in total. The molecule has 7 heteroatoms. The molecular formula is C20H21N5OS. The number of para-hydroxylation sites is 1. The maximum absolute atomic E-state index is 11.8. The predicted octanol–water partition coefficient (Wildman–Crippen LogP) is 3.67. The van der Waals surface area contributed by atoms with E-state index in [1.165, 1.54) is 0 Å². The molecule has 0 spiro atoms. The largest absolute Gasteiger partial charge is 0.382 e. The molecule has 4 N–H and O–H groups in total. The van der Waals surface area contributed by atoms with Crippen molar-refractivity contribution in [1.82, 2.24) is 14.5 Å². The average molecular weight is 379 g/mol. The molecule has 0 fully saturated rings. The Bertz CT molecular complexity index is 1090. The SMILES string of the molecule is NC(=O)C(CCCCn1cnc2c(N)nc3ccccc3c21)c1cccs1. The van der Waals surface area contributed by atoms with Crippen LogP contribution in [0.5, 0.6) is 0 Å². The number of hydrogen-bond acceptors (Lipinski definition) is 5. The monoisotopic (exact) mass is 379 g/mol. The number of aromatic nitrogens is 3.